The molecule has 4 N–H and O–H groups in total. The molecule has 11 nitrogen and oxygen atoms in total. The maximum atomic E-state index is 13.2. The molecule has 3 aromatic carbocycles. The van der Waals surface area contributed by atoms with Gasteiger partial charge in [-0.1, -0.05) is 19.5 Å². The van der Waals surface area contributed by atoms with Gasteiger partial charge in [0.25, 0.3) is 5.79 Å². The van der Waals surface area contributed by atoms with Gasteiger partial charge in [-0.25, -0.2) is 4.98 Å². The Balaban J connectivity index is 0.00000161. The summed E-state index contributed by atoms with van der Waals surface area (Å²) >= 11 is 0. The molecule has 1 aromatic heterocycles. The molecular formula is C28H29Ac3N4O7-. The summed E-state index contributed by atoms with van der Waals surface area (Å²) in [6.45, 7) is 11.2. The normalized spacial score (nSPS) is 18.5. The molecule has 0 amide bonds. The molecule has 0 bridgehead atoms. The number of fused-ring (bicyclic) bond motifs is 6. The van der Waals surface area contributed by atoms with Crippen LogP contribution in [0.4, 0.5) is 11.4 Å². The van der Waals surface area contributed by atoms with Crippen molar-refractivity contribution in [1.82, 2.24) is 9.88 Å². The topological polar surface area (TPSA) is 160 Å². The number of aromatic hydroxyl groups is 2. The number of ketones is 1. The van der Waals surface area contributed by atoms with Crippen LogP contribution in [0.2, 0.25) is 0 Å². The third-order valence-corrected chi connectivity index (χ3v) is 7.57. The Morgan fingerprint density at radius 3 is 2.31 bits per heavy atom. The van der Waals surface area contributed by atoms with E-state index in [9.17, 15) is 24.9 Å². The van der Waals surface area contributed by atoms with Crippen LogP contribution in [0.3, 0.4) is 0 Å². The van der Waals surface area contributed by atoms with Gasteiger partial charge < -0.3 is 35.1 Å². The van der Waals surface area contributed by atoms with Gasteiger partial charge in [0, 0.05) is 201 Å². The van der Waals surface area contributed by atoms with Crippen molar-refractivity contribution >= 4 is 50.1 Å². The predicted octanol–water partition coefficient (Wildman–Crippen LogP) is 3.96. The van der Waals surface area contributed by atoms with E-state index < -0.39 is 28.4 Å². The zero-order valence-electron chi connectivity index (χ0n) is 23.8. The quantitative estimate of drug-likeness (QED) is 0.156. The summed E-state index contributed by atoms with van der Waals surface area (Å²) < 4.78 is 11.5. The monoisotopic (exact) mass is 1210 g/mol. The number of piperazine rings is 1. The van der Waals surface area contributed by atoms with E-state index in [2.05, 4.69) is 28.6 Å². The molecule has 1 unspecified atom stereocenters. The molecule has 0 spiro atoms. The number of carbonyl (C=O) groups is 1. The Hall–Kier alpha value is 0.235. The number of anilines is 1. The van der Waals surface area contributed by atoms with Gasteiger partial charge in [-0.3, -0.25) is 14.5 Å². The minimum atomic E-state index is -2.22. The Morgan fingerprint density at radius 2 is 1.69 bits per heavy atom. The standard InChI is InChI=1S/C28H30N4O7.3Ac/c1-12(2)11-31-5-7-32(8-6-31)14-9-15(33)21-16(10-14)38-26-20(29)24(35)18-17(22(26)30-21)19-25(13(3)23(18)34)39-28(4,37)27(19)36;;;/h9-10,12,37H,5-8,11H2,1-4H3,(H4,29,30,33,34,35,36);;;/p-1. The number of rotatable bonds is 3. The number of nitrogens with zero attached hydrogens (tertiary/aromatic N) is 3. The summed E-state index contributed by atoms with van der Waals surface area (Å²) in [6.07, 6.45) is 0. The van der Waals surface area contributed by atoms with E-state index in [0.717, 1.165) is 45.3 Å². The van der Waals surface area contributed by atoms with Crippen LogP contribution in [0.5, 0.6) is 17.2 Å². The Labute approximate surface area is 349 Å². The molecule has 2 aliphatic rings. The largest absolute Gasteiger partial charge is 0.693 e. The number of phenolic OH excluding ortho intramolecular Hbond substituents is 2. The first kappa shape index (κ1) is 36.7. The van der Waals surface area contributed by atoms with Gasteiger partial charge in [-0.15, -0.1) is 0 Å². The summed E-state index contributed by atoms with van der Waals surface area (Å²) in [7, 11) is 0. The summed E-state index contributed by atoms with van der Waals surface area (Å²) in [4.78, 5) is 35.4. The average Bonchev–Trinajstić information content (AvgIpc) is 3.13. The van der Waals surface area contributed by atoms with Gasteiger partial charge in [-0.05, 0) is 12.8 Å². The van der Waals surface area contributed by atoms with Crippen LogP contribution in [0.25, 0.3) is 38.7 Å². The van der Waals surface area contributed by atoms with E-state index in [4.69, 9.17) is 14.9 Å². The molecule has 42 heavy (non-hydrogen) atoms. The molecule has 14 heteroatoms. The molecule has 3 radical (unpaired) electrons. The van der Waals surface area contributed by atoms with Crippen LogP contribution in [-0.4, -0.2) is 69.5 Å². The van der Waals surface area contributed by atoms with Crippen LogP contribution >= 0.6 is 0 Å². The molecule has 4 aromatic rings. The molecular weight excluding hydrogens is 1190 g/mol. The number of nitrogens with one attached hydrogen (secondary N) is 1. The van der Waals surface area contributed by atoms with Crippen LogP contribution < -0.4 is 15.1 Å². The van der Waals surface area contributed by atoms with Gasteiger partial charge in [0.1, 0.15) is 33.9 Å². The van der Waals surface area contributed by atoms with Gasteiger partial charge in [0.2, 0.25) is 5.78 Å². The van der Waals surface area contributed by atoms with Crippen LogP contribution in [0, 0.1) is 145 Å². The number of ether oxygens (including phenoxy) is 1. The third kappa shape index (κ3) is 6.04. The van der Waals surface area contributed by atoms with Gasteiger partial charge in [-0.2, -0.15) is 0 Å². The second-order valence-electron chi connectivity index (χ2n) is 10.9. The molecule has 1 fully saturated rings. The summed E-state index contributed by atoms with van der Waals surface area (Å²) in [5, 5.41) is 32.0. The van der Waals surface area contributed by atoms with Crippen molar-refractivity contribution in [1.29, 1.82) is 0 Å². The third-order valence-electron chi connectivity index (χ3n) is 7.57. The van der Waals surface area contributed by atoms with E-state index in [-0.39, 0.29) is 188 Å². The zero-order chi connectivity index (χ0) is 28.0. The molecule has 1 saturated heterocycles. The fourth-order valence-electron chi connectivity index (χ4n) is 5.66. The summed E-state index contributed by atoms with van der Waals surface area (Å²) in [5.74, 6) is -3.42. The second-order valence-corrected chi connectivity index (χ2v) is 10.9. The first-order valence-electron chi connectivity index (χ1n) is 12.9. The van der Waals surface area contributed by atoms with Crippen molar-refractivity contribution in [2.45, 2.75) is 33.5 Å². The molecule has 0 saturated carbocycles. The number of hydrogen-bond acceptors (Lipinski definition) is 10. The van der Waals surface area contributed by atoms with Crippen LogP contribution in [0.1, 0.15) is 36.7 Å². The second kappa shape index (κ2) is 13.5. The zero-order valence-corrected chi connectivity index (χ0v) is 38.1. The molecule has 1 atom stereocenters. The molecule has 2 aliphatic heterocycles. The Morgan fingerprint density at radius 1 is 1.05 bits per heavy atom. The minimum absolute atomic E-state index is 0. The van der Waals surface area contributed by atoms with E-state index in [1.54, 1.807) is 12.1 Å². The molecule has 213 valence electrons. The number of benzene rings is 3. The van der Waals surface area contributed by atoms with E-state index in [1.807, 2.05) is 0 Å². The van der Waals surface area contributed by atoms with Gasteiger partial charge in [0.15, 0.2) is 11.0 Å². The smallest absolute Gasteiger partial charge is 0.270 e. The summed E-state index contributed by atoms with van der Waals surface area (Å²) in [5.41, 5.74) is 8.01. The first-order chi connectivity index (χ1) is 18.4. The van der Waals surface area contributed by atoms with Crippen molar-refractivity contribution in [2.75, 3.05) is 37.6 Å². The minimum Gasteiger partial charge on any atom is -0.693 e. The Bertz CT molecular complexity index is 1780. The van der Waals surface area contributed by atoms with Crippen molar-refractivity contribution in [2.24, 2.45) is 5.92 Å². The number of hydrogen-bond donors (Lipinski definition) is 3. The maximum absolute atomic E-state index is 13.2. The fourth-order valence-corrected chi connectivity index (χ4v) is 5.66. The van der Waals surface area contributed by atoms with E-state index in [0.29, 0.717) is 5.92 Å². The number of phenols is 2. The maximum Gasteiger partial charge on any atom is 0.270 e. The average molecular weight is 1210 g/mol. The van der Waals surface area contributed by atoms with E-state index >= 15 is 0 Å². The van der Waals surface area contributed by atoms with Crippen molar-refractivity contribution < 1.29 is 161 Å². The Kier molecular flexibility index (Phi) is 11.8. The fraction of sp³-hybridized carbons (Fsp3) is 0.393. The number of carbonyl (C=O) groups excluding carboxylic acids is 1. The molecule has 3 heterocycles. The first-order valence-corrected chi connectivity index (χ1v) is 12.9. The van der Waals surface area contributed by atoms with Crippen molar-refractivity contribution in [3.63, 3.8) is 0 Å². The number of aliphatic hydroxyl groups is 1. The van der Waals surface area contributed by atoms with Crippen molar-refractivity contribution in [3.05, 3.63) is 39.2 Å². The van der Waals surface area contributed by atoms with Crippen molar-refractivity contribution in [3.8, 4) is 17.2 Å². The molecule has 6 rings (SSSR count). The van der Waals surface area contributed by atoms with E-state index in [1.165, 1.54) is 6.92 Å². The van der Waals surface area contributed by atoms with Crippen LogP contribution in [-0.2, 0) is 0 Å². The number of Topliss-reactive ketones (excluding diaryl/α,β-unsaturated/α-hetero) is 1. The van der Waals surface area contributed by atoms with Gasteiger partial charge >= 0.3 is 0 Å². The number of aromatic nitrogens is 1. The predicted molar refractivity (Wildman–Crippen MR) is 146 cm³/mol. The SMILES string of the molecule is Cc1c2c(c3c(c(O)c([NH-])c4oc5cc(N6CCN(CC(C)C)CC6)cc(O)c5nc43)c1=O)C(=O)C(C)(O)O2.[Ac].[Ac].[Ac]. The van der Waals surface area contributed by atoms with Crippen LogP contribution in [0.15, 0.2) is 21.3 Å². The summed E-state index contributed by atoms with van der Waals surface area (Å²) in [6, 6.07) is 3.31. The molecule has 0 aliphatic carbocycles. The van der Waals surface area contributed by atoms with Gasteiger partial charge in [0.05, 0.1) is 10.9 Å².